The monoisotopic (exact) mass is 448 g/mol. The molecule has 9 heteroatoms. The Hall–Kier alpha value is -2.42. The van der Waals surface area contributed by atoms with Crippen LogP contribution < -0.4 is 10.9 Å². The number of H-pyrrole nitrogens is 1. The second kappa shape index (κ2) is 8.02. The van der Waals surface area contributed by atoms with Gasteiger partial charge in [-0.2, -0.15) is 8.42 Å². The molecule has 2 aliphatic rings. The molecule has 2 aromatic rings. The number of benzene rings is 1. The highest BCUT2D eigenvalue weighted by Gasteiger charge is 2.27. The minimum absolute atomic E-state index is 0.0327. The molecule has 1 amide bonds. The normalized spacial score (nSPS) is 19.7. The third kappa shape index (κ3) is 4.83. The number of hydrogen-bond donors (Lipinski definition) is 3. The molecular formula is C21H21ClN2O5S. The first-order chi connectivity index (χ1) is 14.2. The van der Waals surface area contributed by atoms with Crippen LogP contribution in [-0.2, 0) is 20.7 Å². The van der Waals surface area contributed by atoms with Crippen molar-refractivity contribution in [1.29, 1.82) is 0 Å². The molecule has 0 spiro atoms. The summed E-state index contributed by atoms with van der Waals surface area (Å²) < 4.78 is 31.5. The Bertz CT molecular complexity index is 1200. The van der Waals surface area contributed by atoms with E-state index in [-0.39, 0.29) is 28.1 Å². The molecule has 7 nitrogen and oxygen atoms in total. The quantitative estimate of drug-likeness (QED) is 0.587. The number of aromatic nitrogens is 1. The number of aromatic amines is 1. The molecule has 1 aromatic heterocycles. The van der Waals surface area contributed by atoms with Crippen molar-refractivity contribution < 1.29 is 17.8 Å². The van der Waals surface area contributed by atoms with Gasteiger partial charge in [-0.3, -0.25) is 14.1 Å². The van der Waals surface area contributed by atoms with E-state index in [0.717, 1.165) is 18.4 Å². The zero-order valence-corrected chi connectivity index (χ0v) is 17.6. The number of carbonyl (C=O) groups is 1. The van der Waals surface area contributed by atoms with E-state index in [0.29, 0.717) is 35.6 Å². The van der Waals surface area contributed by atoms with Gasteiger partial charge in [0.25, 0.3) is 15.7 Å². The van der Waals surface area contributed by atoms with Crippen LogP contribution in [0.2, 0.25) is 5.02 Å². The van der Waals surface area contributed by atoms with Crippen molar-refractivity contribution >= 4 is 33.2 Å². The third-order valence-corrected chi connectivity index (χ3v) is 6.37. The van der Waals surface area contributed by atoms with Gasteiger partial charge in [0.2, 0.25) is 5.91 Å². The van der Waals surface area contributed by atoms with Crippen LogP contribution >= 0.6 is 11.6 Å². The van der Waals surface area contributed by atoms with Crippen LogP contribution in [0.4, 0.5) is 0 Å². The van der Waals surface area contributed by atoms with Gasteiger partial charge in [0.05, 0.1) is 0 Å². The molecule has 30 heavy (non-hydrogen) atoms. The molecule has 1 aromatic carbocycles. The van der Waals surface area contributed by atoms with Crippen molar-refractivity contribution in [3.05, 3.63) is 74.2 Å². The zero-order chi connectivity index (χ0) is 21.5. The first kappa shape index (κ1) is 20.8. The lowest BCUT2D eigenvalue weighted by molar-refractivity contribution is -0.119. The number of amides is 1. The van der Waals surface area contributed by atoms with Gasteiger partial charge in [-0.15, -0.1) is 0 Å². The Morgan fingerprint density at radius 3 is 2.50 bits per heavy atom. The summed E-state index contributed by atoms with van der Waals surface area (Å²) in [5.41, 5.74) is 2.84. The average molecular weight is 449 g/mol. The Labute approximate surface area is 178 Å². The molecule has 1 atom stereocenters. The maximum Gasteiger partial charge on any atom is 0.269 e. The molecule has 1 saturated heterocycles. The summed E-state index contributed by atoms with van der Waals surface area (Å²) in [5, 5.41) is 3.07. The maximum atomic E-state index is 12.6. The molecular weight excluding hydrogens is 428 g/mol. The predicted octanol–water partition coefficient (Wildman–Crippen LogP) is 3.00. The molecule has 0 bridgehead atoms. The van der Waals surface area contributed by atoms with Gasteiger partial charge in [-0.1, -0.05) is 35.9 Å². The fourth-order valence-corrected chi connectivity index (χ4v) is 4.66. The molecule has 1 saturated carbocycles. The average Bonchev–Trinajstić information content (AvgIpc) is 3.42. The molecule has 2 heterocycles. The molecule has 4 rings (SSSR count). The lowest BCUT2D eigenvalue weighted by Gasteiger charge is -2.14. The molecule has 1 aliphatic carbocycles. The van der Waals surface area contributed by atoms with E-state index in [1.165, 1.54) is 6.07 Å². The minimum Gasteiger partial charge on any atom is -0.350 e. The summed E-state index contributed by atoms with van der Waals surface area (Å²) in [6.45, 7) is 0. The van der Waals surface area contributed by atoms with E-state index in [1.54, 1.807) is 12.1 Å². The van der Waals surface area contributed by atoms with E-state index in [9.17, 15) is 18.0 Å². The fraction of sp³-hybridized carbons (Fsp3) is 0.333. The second-order valence-electron chi connectivity index (χ2n) is 7.76. The van der Waals surface area contributed by atoms with Gasteiger partial charge in [0.15, 0.2) is 0 Å². The van der Waals surface area contributed by atoms with Gasteiger partial charge >= 0.3 is 0 Å². The number of halogens is 1. The summed E-state index contributed by atoms with van der Waals surface area (Å²) in [7, 11) is -4.22. The lowest BCUT2D eigenvalue weighted by atomic mass is 9.97. The first-order valence-corrected chi connectivity index (χ1v) is 11.7. The van der Waals surface area contributed by atoms with Crippen molar-refractivity contribution in [1.82, 2.24) is 10.3 Å². The molecule has 2 fully saturated rings. The minimum atomic E-state index is -4.22. The van der Waals surface area contributed by atoms with Gasteiger partial charge in [0, 0.05) is 34.3 Å². The van der Waals surface area contributed by atoms with E-state index in [4.69, 9.17) is 16.2 Å². The van der Waals surface area contributed by atoms with Crippen molar-refractivity contribution in [2.24, 2.45) is 0 Å². The number of nitrogens with one attached hydrogen (secondary N) is 2. The second-order valence-corrected chi connectivity index (χ2v) is 9.62. The number of pyridine rings is 1. The van der Waals surface area contributed by atoms with Crippen LogP contribution in [0.15, 0.2) is 41.2 Å². The van der Waals surface area contributed by atoms with Gasteiger partial charge < -0.3 is 10.3 Å². The van der Waals surface area contributed by atoms with Crippen LogP contribution in [0.3, 0.4) is 0 Å². The van der Waals surface area contributed by atoms with Gasteiger partial charge in [-0.25, -0.2) is 0 Å². The summed E-state index contributed by atoms with van der Waals surface area (Å²) >= 11 is 6.27. The Balaban J connectivity index is 1.75. The fourth-order valence-electron chi connectivity index (χ4n) is 3.69. The lowest BCUT2D eigenvalue weighted by Crippen LogP contribution is -2.23. The van der Waals surface area contributed by atoms with Crippen LogP contribution in [0.25, 0.3) is 5.57 Å². The van der Waals surface area contributed by atoms with E-state index >= 15 is 0 Å². The Kier molecular flexibility index (Phi) is 5.57. The van der Waals surface area contributed by atoms with E-state index in [2.05, 4.69) is 10.3 Å². The van der Waals surface area contributed by atoms with Crippen molar-refractivity contribution in [2.45, 2.75) is 43.4 Å². The summed E-state index contributed by atoms with van der Waals surface area (Å²) in [5.74, 6) is -0.301. The molecule has 1 aliphatic heterocycles. The van der Waals surface area contributed by atoms with Crippen LogP contribution in [0.1, 0.15) is 54.0 Å². The molecule has 0 unspecified atom stereocenters. The highest BCUT2D eigenvalue weighted by molar-refractivity contribution is 7.85. The van der Waals surface area contributed by atoms with Gasteiger partial charge in [-0.05, 0) is 48.4 Å². The highest BCUT2D eigenvalue weighted by atomic mass is 35.5. The number of hydrogen-bond acceptors (Lipinski definition) is 4. The van der Waals surface area contributed by atoms with Crippen LogP contribution in [0, 0.1) is 0 Å². The van der Waals surface area contributed by atoms with Gasteiger partial charge in [0.1, 0.15) is 5.75 Å². The van der Waals surface area contributed by atoms with E-state index < -0.39 is 15.9 Å². The predicted molar refractivity (Wildman–Crippen MR) is 114 cm³/mol. The summed E-state index contributed by atoms with van der Waals surface area (Å²) in [4.78, 5) is 27.1. The smallest absolute Gasteiger partial charge is 0.269 e. The molecule has 158 valence electrons. The summed E-state index contributed by atoms with van der Waals surface area (Å²) in [6.07, 6.45) is 4.98. The molecule has 0 radical (unpaired) electrons. The third-order valence-electron chi connectivity index (χ3n) is 5.35. The maximum absolute atomic E-state index is 12.6. The van der Waals surface area contributed by atoms with E-state index in [1.807, 2.05) is 18.2 Å². The number of rotatable bonds is 6. The SMILES string of the molecule is O=C1CC[C@H](/C=C(\c2ccc(CS(=O)(=O)O)c(Cl)c2)c2ccc(C3CC3)c(=O)[nH]2)N1. The summed E-state index contributed by atoms with van der Waals surface area (Å²) in [6, 6.07) is 8.30. The highest BCUT2D eigenvalue weighted by Crippen LogP contribution is 2.38. The zero-order valence-electron chi connectivity index (χ0n) is 16.0. The van der Waals surface area contributed by atoms with Crippen LogP contribution in [-0.4, -0.2) is 29.9 Å². The molecule has 3 N–H and O–H groups in total. The van der Waals surface area contributed by atoms with Crippen molar-refractivity contribution in [3.63, 3.8) is 0 Å². The van der Waals surface area contributed by atoms with Crippen molar-refractivity contribution in [2.75, 3.05) is 0 Å². The Morgan fingerprint density at radius 2 is 1.93 bits per heavy atom. The standard InChI is InChI=1S/C21H21ClN2O5S/c22-18-9-13(3-4-14(18)11-30(27,28)29)17(10-15-5-8-20(25)23-15)19-7-6-16(12-1-2-12)21(26)24-19/h3-4,6-7,9-10,12,15H,1-2,5,8,11H2,(H,23,25)(H,24,26)(H,27,28,29)/b17-10+/t15-/m1/s1. The Morgan fingerprint density at radius 1 is 1.17 bits per heavy atom. The topological polar surface area (TPSA) is 116 Å². The largest absolute Gasteiger partial charge is 0.350 e. The first-order valence-electron chi connectivity index (χ1n) is 9.68. The van der Waals surface area contributed by atoms with Crippen LogP contribution in [0.5, 0.6) is 0 Å². The van der Waals surface area contributed by atoms with Crippen molar-refractivity contribution in [3.8, 4) is 0 Å². The number of carbonyl (C=O) groups excluding carboxylic acids is 1.